The summed E-state index contributed by atoms with van der Waals surface area (Å²) in [5, 5.41) is 3.30. The predicted molar refractivity (Wildman–Crippen MR) is 131 cm³/mol. The highest BCUT2D eigenvalue weighted by molar-refractivity contribution is 6.77. The molecule has 1 saturated heterocycles. The van der Waals surface area contributed by atoms with E-state index < -0.39 is 8.07 Å². The first-order valence-corrected chi connectivity index (χ1v) is 14.7. The highest BCUT2D eigenvalue weighted by atomic mass is 28.3. The summed E-state index contributed by atoms with van der Waals surface area (Å²) in [6.07, 6.45) is 8.76. The molecule has 9 nitrogen and oxygen atoms in total. The monoisotopic (exact) mass is 463 g/mol. The van der Waals surface area contributed by atoms with E-state index in [-0.39, 0.29) is 5.91 Å². The van der Waals surface area contributed by atoms with Gasteiger partial charge in [-0.25, -0.2) is 9.97 Å². The summed E-state index contributed by atoms with van der Waals surface area (Å²) < 4.78 is 5.34. The normalized spacial score (nSPS) is 18.4. The van der Waals surface area contributed by atoms with Crippen molar-refractivity contribution in [3.05, 3.63) is 36.6 Å². The van der Waals surface area contributed by atoms with E-state index in [0.717, 1.165) is 41.3 Å². The number of fused-ring (bicyclic) bond motifs is 1. The molecule has 5 rings (SSSR count). The summed E-state index contributed by atoms with van der Waals surface area (Å²) in [6.45, 7) is 7.27. The minimum Gasteiger partial charge on any atom is -0.442 e. The fourth-order valence-electron chi connectivity index (χ4n) is 4.62. The van der Waals surface area contributed by atoms with Gasteiger partial charge >= 0.3 is 0 Å². The Balaban J connectivity index is 1.42. The predicted octanol–water partition coefficient (Wildman–Crippen LogP) is 4.23. The van der Waals surface area contributed by atoms with Crippen LogP contribution in [0.3, 0.4) is 0 Å². The summed E-state index contributed by atoms with van der Waals surface area (Å²) >= 11 is 0. The van der Waals surface area contributed by atoms with Gasteiger partial charge in [-0.15, -0.1) is 0 Å². The van der Waals surface area contributed by atoms with Gasteiger partial charge in [0.05, 0.1) is 30.8 Å². The number of aryl methyl sites for hydroxylation is 1. The Bertz CT molecular complexity index is 1170. The van der Waals surface area contributed by atoms with E-state index in [0.29, 0.717) is 24.3 Å². The van der Waals surface area contributed by atoms with Gasteiger partial charge < -0.3 is 19.5 Å². The summed E-state index contributed by atoms with van der Waals surface area (Å²) in [5.74, 6) is 2.02. The molecule has 33 heavy (non-hydrogen) atoms. The third-order valence-electron chi connectivity index (χ3n) is 6.85. The molecule has 0 saturated carbocycles. The number of hydrogen-bond donors (Lipinski definition) is 1. The van der Waals surface area contributed by atoms with Gasteiger partial charge in [0.1, 0.15) is 11.4 Å². The molecule has 0 aromatic carbocycles. The van der Waals surface area contributed by atoms with Gasteiger partial charge in [-0.1, -0.05) is 25.2 Å². The number of oxazole rings is 1. The van der Waals surface area contributed by atoms with Crippen molar-refractivity contribution in [2.45, 2.75) is 51.0 Å². The molecule has 1 fully saturated rings. The molecule has 0 unspecified atom stereocenters. The number of aromatic nitrogens is 4. The second-order valence-electron chi connectivity index (χ2n) is 9.75. The topological polar surface area (TPSA) is 100 Å². The Morgan fingerprint density at radius 1 is 1.15 bits per heavy atom. The maximum absolute atomic E-state index is 12.7. The lowest BCUT2D eigenvalue weighted by atomic mass is 10.1. The van der Waals surface area contributed by atoms with E-state index in [1.54, 1.807) is 30.5 Å². The number of carbonyl (C=O) groups excluding carboxylic acids is 1. The fourth-order valence-corrected chi connectivity index (χ4v) is 7.10. The Morgan fingerprint density at radius 2 is 1.94 bits per heavy atom. The highest BCUT2D eigenvalue weighted by Crippen LogP contribution is 2.38. The van der Waals surface area contributed by atoms with Crippen LogP contribution in [0.4, 0.5) is 23.1 Å². The molecule has 2 aliphatic heterocycles. The first kappa shape index (κ1) is 21.6. The minimum atomic E-state index is -1.10. The molecule has 3 aromatic rings. The second-order valence-corrected chi connectivity index (χ2v) is 15.1. The molecule has 1 amide bonds. The summed E-state index contributed by atoms with van der Waals surface area (Å²) in [6, 6.07) is 4.85. The van der Waals surface area contributed by atoms with Crippen LogP contribution in [0.2, 0.25) is 25.2 Å². The SMILES string of the molecule is Cc1cc(-c2cnco2)ncc1Nc1ncc2c(n1)N(C1CC[Si](C)(C)CC1)CC(=O)N2C. The summed E-state index contributed by atoms with van der Waals surface area (Å²) in [7, 11) is 0.698. The zero-order valence-corrected chi connectivity index (χ0v) is 20.5. The molecule has 0 atom stereocenters. The lowest BCUT2D eigenvalue weighted by molar-refractivity contribution is -0.117. The number of carbonyl (C=O) groups is 1. The van der Waals surface area contributed by atoms with E-state index in [4.69, 9.17) is 9.40 Å². The first-order chi connectivity index (χ1) is 15.8. The van der Waals surface area contributed by atoms with Crippen LogP contribution in [0.25, 0.3) is 11.5 Å². The van der Waals surface area contributed by atoms with Crippen LogP contribution < -0.4 is 15.1 Å². The van der Waals surface area contributed by atoms with Crippen LogP contribution in [0, 0.1) is 6.92 Å². The van der Waals surface area contributed by atoms with Gasteiger partial charge in [-0.2, -0.15) is 4.98 Å². The maximum Gasteiger partial charge on any atom is 0.246 e. The van der Waals surface area contributed by atoms with Gasteiger partial charge in [-0.05, 0) is 31.4 Å². The van der Waals surface area contributed by atoms with Crippen molar-refractivity contribution in [3.63, 3.8) is 0 Å². The minimum absolute atomic E-state index is 0.0805. The average molecular weight is 464 g/mol. The smallest absolute Gasteiger partial charge is 0.246 e. The third kappa shape index (κ3) is 4.22. The third-order valence-corrected chi connectivity index (χ3v) is 10.1. The number of nitrogens with zero attached hydrogens (tertiary/aromatic N) is 6. The van der Waals surface area contributed by atoms with Crippen LogP contribution in [-0.2, 0) is 4.79 Å². The van der Waals surface area contributed by atoms with Crippen LogP contribution >= 0.6 is 0 Å². The molecule has 10 heteroatoms. The largest absolute Gasteiger partial charge is 0.442 e. The molecule has 2 aliphatic rings. The molecule has 0 spiro atoms. The maximum atomic E-state index is 12.7. The number of likely N-dealkylation sites (N-methyl/N-ethyl adjacent to an activating group) is 1. The van der Waals surface area contributed by atoms with Gasteiger partial charge in [0.2, 0.25) is 11.9 Å². The van der Waals surface area contributed by atoms with Crippen molar-refractivity contribution in [2.24, 2.45) is 0 Å². The highest BCUT2D eigenvalue weighted by Gasteiger charge is 2.37. The molecule has 0 aliphatic carbocycles. The van der Waals surface area contributed by atoms with Gasteiger partial charge in [0, 0.05) is 21.2 Å². The molecule has 1 N–H and O–H groups in total. The van der Waals surface area contributed by atoms with Gasteiger partial charge in [0.25, 0.3) is 0 Å². The lowest BCUT2D eigenvalue weighted by Gasteiger charge is -2.43. The van der Waals surface area contributed by atoms with Gasteiger partial charge in [0.15, 0.2) is 18.0 Å². The molecule has 0 bridgehead atoms. The Labute approximate surface area is 194 Å². The zero-order chi connectivity index (χ0) is 23.2. The molecular formula is C23H29N7O2Si. The standard InChI is InChI=1S/C23H29N7O2Si/c1-15-9-17(20-12-24-14-32-20)25-10-18(15)27-23-26-11-19-22(28-23)30(13-21(31)29(19)2)16-5-7-33(3,4)8-6-16/h9-12,14,16H,5-8,13H2,1-4H3,(H,26,27,28). The van der Waals surface area contributed by atoms with Crippen molar-refractivity contribution < 1.29 is 9.21 Å². The first-order valence-electron chi connectivity index (χ1n) is 11.3. The van der Waals surface area contributed by atoms with Crippen LogP contribution in [0.1, 0.15) is 18.4 Å². The molecule has 3 aromatic heterocycles. The van der Waals surface area contributed by atoms with E-state index in [1.807, 2.05) is 13.0 Å². The quantitative estimate of drug-likeness (QED) is 0.574. The zero-order valence-electron chi connectivity index (χ0n) is 19.5. The van der Waals surface area contributed by atoms with E-state index >= 15 is 0 Å². The van der Waals surface area contributed by atoms with Crippen molar-refractivity contribution in [2.75, 3.05) is 28.7 Å². The fraction of sp³-hybridized carbons (Fsp3) is 0.435. The number of nitrogens with one attached hydrogen (secondary N) is 1. The van der Waals surface area contributed by atoms with E-state index in [9.17, 15) is 4.79 Å². The Hall–Kier alpha value is -3.27. The number of rotatable bonds is 4. The molecule has 5 heterocycles. The van der Waals surface area contributed by atoms with Gasteiger partial charge in [-0.3, -0.25) is 9.78 Å². The van der Waals surface area contributed by atoms with Crippen molar-refractivity contribution >= 4 is 37.1 Å². The number of anilines is 4. The summed E-state index contributed by atoms with van der Waals surface area (Å²) in [4.78, 5) is 34.3. The van der Waals surface area contributed by atoms with Crippen molar-refractivity contribution in [3.8, 4) is 11.5 Å². The van der Waals surface area contributed by atoms with Crippen molar-refractivity contribution in [1.82, 2.24) is 19.9 Å². The summed E-state index contributed by atoms with van der Waals surface area (Å²) in [5.41, 5.74) is 3.28. The number of pyridine rings is 1. The van der Waals surface area contributed by atoms with Crippen molar-refractivity contribution in [1.29, 1.82) is 0 Å². The molecule has 0 radical (unpaired) electrons. The van der Waals surface area contributed by atoms with Crippen LogP contribution in [0.5, 0.6) is 0 Å². The number of hydrogen-bond acceptors (Lipinski definition) is 8. The van der Waals surface area contributed by atoms with E-state index in [1.165, 1.54) is 18.5 Å². The molecular weight excluding hydrogens is 434 g/mol. The average Bonchev–Trinajstić information content (AvgIpc) is 3.33. The Morgan fingerprint density at radius 3 is 2.64 bits per heavy atom. The lowest BCUT2D eigenvalue weighted by Crippen LogP contribution is -2.51. The second kappa shape index (κ2) is 8.25. The molecule has 172 valence electrons. The van der Waals surface area contributed by atoms with Crippen LogP contribution in [0.15, 0.2) is 35.5 Å². The Kier molecular flexibility index (Phi) is 5.39. The van der Waals surface area contributed by atoms with E-state index in [2.05, 4.69) is 38.3 Å². The van der Waals surface area contributed by atoms with Crippen LogP contribution in [-0.4, -0.2) is 53.6 Å². The number of amides is 1.